The Hall–Kier alpha value is -1.15. The molecule has 2 heterocycles. The Morgan fingerprint density at radius 3 is 2.26 bits per heavy atom. The minimum atomic E-state index is -3.37. The molecule has 0 amide bonds. The molecule has 0 unspecified atom stereocenters. The molecular weight excluding hydrogens is 268 g/mol. The van der Waals surface area contributed by atoms with E-state index in [1.807, 2.05) is 0 Å². The van der Waals surface area contributed by atoms with Crippen LogP contribution < -0.4 is 9.62 Å². The van der Waals surface area contributed by atoms with Crippen LogP contribution in [0.5, 0.6) is 0 Å². The third-order valence-electron chi connectivity index (χ3n) is 3.46. The van der Waals surface area contributed by atoms with Gasteiger partial charge in [0.2, 0.25) is 15.8 Å². The molecule has 0 saturated carbocycles. The highest BCUT2D eigenvalue weighted by atomic mass is 32.2. The second-order valence-corrected chi connectivity index (χ2v) is 6.55. The highest BCUT2D eigenvalue weighted by Gasteiger charge is 2.48. The Morgan fingerprint density at radius 1 is 1.16 bits per heavy atom. The van der Waals surface area contributed by atoms with E-state index < -0.39 is 15.8 Å². The average molecular weight is 284 g/mol. The molecule has 2 aliphatic rings. The first-order chi connectivity index (χ1) is 9.05. The molecule has 1 aromatic carbocycles. The Bertz CT molecular complexity index is 556. The summed E-state index contributed by atoms with van der Waals surface area (Å²) < 4.78 is 36.6. The highest BCUT2D eigenvalue weighted by molar-refractivity contribution is 7.89. The average Bonchev–Trinajstić information content (AvgIpc) is 2.87. The number of hydrogen-bond acceptors (Lipinski definition) is 5. The molecule has 0 bridgehead atoms. The number of sulfonamides is 1. The predicted octanol–water partition coefficient (Wildman–Crippen LogP) is 0.158. The van der Waals surface area contributed by atoms with Crippen molar-refractivity contribution in [1.82, 2.24) is 4.72 Å². The van der Waals surface area contributed by atoms with Crippen molar-refractivity contribution >= 4 is 15.7 Å². The van der Waals surface area contributed by atoms with Crippen molar-refractivity contribution in [1.29, 1.82) is 0 Å². The van der Waals surface area contributed by atoms with Gasteiger partial charge in [0.05, 0.1) is 31.2 Å². The molecule has 2 fully saturated rings. The maximum absolute atomic E-state index is 11.6. The van der Waals surface area contributed by atoms with Crippen LogP contribution in [0.1, 0.15) is 0 Å². The van der Waals surface area contributed by atoms with E-state index in [9.17, 15) is 8.42 Å². The fraction of sp³-hybridized carbons (Fsp3) is 0.500. The van der Waals surface area contributed by atoms with E-state index in [1.54, 1.807) is 24.3 Å². The number of anilines is 1. The van der Waals surface area contributed by atoms with Crippen molar-refractivity contribution in [3.63, 3.8) is 0 Å². The number of hydrogen-bond donors (Lipinski definition) is 1. The van der Waals surface area contributed by atoms with Crippen molar-refractivity contribution in [2.75, 3.05) is 38.3 Å². The van der Waals surface area contributed by atoms with Crippen LogP contribution in [0.15, 0.2) is 29.2 Å². The number of benzene rings is 1. The lowest BCUT2D eigenvalue weighted by molar-refractivity contribution is -0.172. The normalized spacial score (nSPS) is 21.6. The summed E-state index contributed by atoms with van der Waals surface area (Å²) in [6.07, 6.45) is 0. The number of ether oxygens (including phenoxy) is 2. The fourth-order valence-electron chi connectivity index (χ4n) is 2.35. The summed E-state index contributed by atoms with van der Waals surface area (Å²) in [4.78, 5) is 2.36. The van der Waals surface area contributed by atoms with Crippen molar-refractivity contribution < 1.29 is 17.9 Å². The molecule has 3 rings (SSSR count). The maximum atomic E-state index is 11.6. The van der Waals surface area contributed by atoms with E-state index in [2.05, 4.69) is 9.62 Å². The zero-order chi connectivity index (χ0) is 13.5. The standard InChI is InChI=1S/C12H16N2O4S/c1-13-19(15,16)11-4-2-10(3-5-11)14-8-12(9-14)17-6-7-18-12/h2-5,13H,6-9H2,1H3. The van der Waals surface area contributed by atoms with Gasteiger partial charge >= 0.3 is 0 Å². The fourth-order valence-corrected chi connectivity index (χ4v) is 3.08. The molecule has 2 saturated heterocycles. The van der Waals surface area contributed by atoms with Gasteiger partial charge in [0.15, 0.2) is 0 Å². The van der Waals surface area contributed by atoms with E-state index in [4.69, 9.17) is 9.47 Å². The van der Waals surface area contributed by atoms with Crippen LogP contribution in [0.4, 0.5) is 5.69 Å². The lowest BCUT2D eigenvalue weighted by Gasteiger charge is -2.46. The van der Waals surface area contributed by atoms with Crippen molar-refractivity contribution in [3.8, 4) is 0 Å². The van der Waals surface area contributed by atoms with E-state index >= 15 is 0 Å². The van der Waals surface area contributed by atoms with E-state index in [0.29, 0.717) is 26.3 Å². The largest absolute Gasteiger partial charge is 0.361 e. The summed E-state index contributed by atoms with van der Waals surface area (Å²) >= 11 is 0. The molecule has 0 aromatic heterocycles. The monoisotopic (exact) mass is 284 g/mol. The van der Waals surface area contributed by atoms with Crippen LogP contribution in [0.2, 0.25) is 0 Å². The van der Waals surface area contributed by atoms with Crippen molar-refractivity contribution in [3.05, 3.63) is 24.3 Å². The third kappa shape index (κ3) is 2.23. The summed E-state index contributed by atoms with van der Waals surface area (Å²) in [7, 11) is -1.97. The molecule has 1 spiro atoms. The van der Waals surface area contributed by atoms with Gasteiger partial charge in [0.1, 0.15) is 0 Å². The van der Waals surface area contributed by atoms with Crippen LogP contribution in [0.3, 0.4) is 0 Å². The van der Waals surface area contributed by atoms with Crippen molar-refractivity contribution in [2.45, 2.75) is 10.7 Å². The summed E-state index contributed by atoms with van der Waals surface area (Å²) in [5.41, 5.74) is 0.972. The minimum Gasteiger partial charge on any atom is -0.361 e. The lowest BCUT2D eigenvalue weighted by Crippen LogP contribution is -2.62. The molecule has 0 radical (unpaired) electrons. The SMILES string of the molecule is CNS(=O)(=O)c1ccc(N2CC3(C2)OCCO3)cc1. The molecule has 7 heteroatoms. The van der Waals surface area contributed by atoms with Crippen LogP contribution in [-0.4, -0.2) is 47.6 Å². The van der Waals surface area contributed by atoms with E-state index in [-0.39, 0.29) is 4.90 Å². The van der Waals surface area contributed by atoms with Crippen LogP contribution >= 0.6 is 0 Å². The Kier molecular flexibility index (Phi) is 3.01. The third-order valence-corrected chi connectivity index (χ3v) is 4.89. The molecule has 19 heavy (non-hydrogen) atoms. The van der Waals surface area contributed by atoms with Gasteiger partial charge < -0.3 is 14.4 Å². The van der Waals surface area contributed by atoms with Gasteiger partial charge in [-0.2, -0.15) is 0 Å². The smallest absolute Gasteiger partial charge is 0.240 e. The number of rotatable bonds is 3. The first-order valence-electron chi connectivity index (χ1n) is 6.11. The van der Waals surface area contributed by atoms with E-state index in [0.717, 1.165) is 5.69 Å². The van der Waals surface area contributed by atoms with Crippen LogP contribution in [0.25, 0.3) is 0 Å². The summed E-state index contributed by atoms with van der Waals surface area (Å²) in [6.45, 7) is 2.66. The molecular formula is C12H16N2O4S. The molecule has 1 N–H and O–H groups in total. The van der Waals surface area contributed by atoms with Gasteiger partial charge in [-0.1, -0.05) is 0 Å². The number of nitrogens with zero attached hydrogens (tertiary/aromatic N) is 1. The molecule has 0 aliphatic carbocycles. The lowest BCUT2D eigenvalue weighted by atomic mass is 10.1. The maximum Gasteiger partial charge on any atom is 0.240 e. The van der Waals surface area contributed by atoms with Crippen molar-refractivity contribution in [2.24, 2.45) is 0 Å². The quantitative estimate of drug-likeness (QED) is 0.856. The molecule has 1 aromatic rings. The Balaban J connectivity index is 1.71. The molecule has 2 aliphatic heterocycles. The Labute approximate surface area is 112 Å². The van der Waals surface area contributed by atoms with Gasteiger partial charge in [-0.15, -0.1) is 0 Å². The second-order valence-electron chi connectivity index (χ2n) is 4.67. The topological polar surface area (TPSA) is 67.9 Å². The van der Waals surface area contributed by atoms with E-state index in [1.165, 1.54) is 7.05 Å². The molecule has 6 nitrogen and oxygen atoms in total. The summed E-state index contributed by atoms with van der Waals surface area (Å²) in [5.74, 6) is -0.435. The van der Waals surface area contributed by atoms with Gasteiger partial charge in [-0.3, -0.25) is 0 Å². The highest BCUT2D eigenvalue weighted by Crippen LogP contribution is 2.34. The van der Waals surface area contributed by atoms with Crippen LogP contribution in [-0.2, 0) is 19.5 Å². The van der Waals surface area contributed by atoms with Crippen LogP contribution in [0, 0.1) is 0 Å². The van der Waals surface area contributed by atoms with Gasteiger partial charge in [-0.25, -0.2) is 13.1 Å². The summed E-state index contributed by atoms with van der Waals surface area (Å²) in [5, 5.41) is 0. The predicted molar refractivity (Wildman–Crippen MR) is 69.5 cm³/mol. The molecule has 104 valence electrons. The first-order valence-corrected chi connectivity index (χ1v) is 7.59. The molecule has 0 atom stereocenters. The van der Waals surface area contributed by atoms with Gasteiger partial charge in [-0.05, 0) is 31.3 Å². The second kappa shape index (κ2) is 4.45. The Morgan fingerprint density at radius 2 is 1.74 bits per heavy atom. The zero-order valence-electron chi connectivity index (χ0n) is 10.6. The summed E-state index contributed by atoms with van der Waals surface area (Å²) in [6, 6.07) is 6.79. The minimum absolute atomic E-state index is 0.266. The first kappa shape index (κ1) is 12.9. The van der Waals surface area contributed by atoms with Gasteiger partial charge in [0, 0.05) is 5.69 Å². The number of nitrogens with one attached hydrogen (secondary N) is 1. The zero-order valence-corrected chi connectivity index (χ0v) is 11.4. The van der Waals surface area contributed by atoms with Gasteiger partial charge in [0.25, 0.3) is 0 Å².